The van der Waals surface area contributed by atoms with Crippen LogP contribution in [0.4, 0.5) is 24.5 Å². The standard InChI is InChI=1S/C39H33F3N2O3S.C4H10/c1-46-48-39(41,42)37(40)25-47-38(45)30(24-43)21-27-17-20-36-34(23-27)32-13-8-14-35(32)44(36)31-18-15-26(16-19-31)22-33(28-9-4-2-5-10-28)29-11-6-3-7-12-29;1-3-4-2/h2-7,9-12,15-23,32,35,37H,8,13-14,25H2,1H3;3-4H2,1-2H3/b30-21+;. The van der Waals surface area contributed by atoms with Gasteiger partial charge < -0.3 is 13.8 Å². The molecule has 52 heavy (non-hydrogen) atoms. The Labute approximate surface area is 309 Å². The van der Waals surface area contributed by atoms with Crippen molar-refractivity contribution in [2.45, 2.75) is 69.3 Å². The van der Waals surface area contributed by atoms with Gasteiger partial charge in [0.2, 0.25) is 6.17 Å². The number of halogens is 3. The summed E-state index contributed by atoms with van der Waals surface area (Å²) in [4.78, 5) is 14.9. The third kappa shape index (κ3) is 9.17. The van der Waals surface area contributed by atoms with Gasteiger partial charge in [-0.15, -0.1) is 0 Å². The molecule has 0 aromatic heterocycles. The minimum atomic E-state index is -3.90. The Kier molecular flexibility index (Phi) is 13.4. The van der Waals surface area contributed by atoms with E-state index in [0.717, 1.165) is 65.6 Å². The predicted molar refractivity (Wildman–Crippen MR) is 205 cm³/mol. The fourth-order valence-electron chi connectivity index (χ4n) is 6.56. The van der Waals surface area contributed by atoms with Crippen LogP contribution in [0.15, 0.2) is 109 Å². The van der Waals surface area contributed by atoms with Crippen molar-refractivity contribution < 1.29 is 26.9 Å². The Morgan fingerprint density at radius 2 is 1.54 bits per heavy atom. The second-order valence-electron chi connectivity index (χ2n) is 12.7. The smallest absolute Gasteiger partial charge is 0.351 e. The molecule has 0 radical (unpaired) electrons. The molecule has 1 fully saturated rings. The van der Waals surface area contributed by atoms with E-state index >= 15 is 0 Å². The van der Waals surface area contributed by atoms with E-state index in [0.29, 0.717) is 5.56 Å². The monoisotopic (exact) mass is 724 g/mol. The highest BCUT2D eigenvalue weighted by Crippen LogP contribution is 2.52. The van der Waals surface area contributed by atoms with E-state index in [1.807, 2.05) is 54.6 Å². The van der Waals surface area contributed by atoms with E-state index in [9.17, 15) is 23.2 Å². The van der Waals surface area contributed by atoms with Gasteiger partial charge in [-0.2, -0.15) is 14.0 Å². The minimum absolute atomic E-state index is 0.276. The SMILES string of the molecule is CCCC.COSC(F)(F)C(F)COC(=O)/C(C#N)=C/c1ccc2c(c1)C1CCCC1N2c1ccc(C=C(c2ccccc2)c2ccccc2)cc1. The molecule has 3 unspecified atom stereocenters. The van der Waals surface area contributed by atoms with E-state index in [1.54, 1.807) is 6.07 Å². The second kappa shape index (κ2) is 18.1. The first kappa shape index (κ1) is 38.5. The maximum absolute atomic E-state index is 14.0. The van der Waals surface area contributed by atoms with Gasteiger partial charge >= 0.3 is 11.2 Å². The number of carbonyl (C=O) groups excluding carboxylic acids is 1. The van der Waals surface area contributed by atoms with E-state index in [2.05, 4.69) is 77.5 Å². The highest BCUT2D eigenvalue weighted by molar-refractivity contribution is 7.95. The van der Waals surface area contributed by atoms with Crippen LogP contribution in [-0.2, 0) is 13.7 Å². The van der Waals surface area contributed by atoms with Crippen LogP contribution in [0, 0.1) is 11.3 Å². The summed E-state index contributed by atoms with van der Waals surface area (Å²) >= 11 is -0.357. The number of nitriles is 1. The summed E-state index contributed by atoms with van der Waals surface area (Å²) in [6.07, 6.45) is 6.52. The zero-order valence-electron chi connectivity index (χ0n) is 29.6. The average Bonchev–Trinajstić information content (AvgIpc) is 3.77. The molecule has 0 spiro atoms. The van der Waals surface area contributed by atoms with Gasteiger partial charge in [-0.3, -0.25) is 0 Å². The molecular formula is C43H43F3N2O3S. The second-order valence-corrected chi connectivity index (χ2v) is 13.8. The molecule has 6 rings (SSSR count). The van der Waals surface area contributed by atoms with Crippen LogP contribution in [0.2, 0.25) is 0 Å². The van der Waals surface area contributed by atoms with Crippen molar-refractivity contribution in [3.05, 3.63) is 137 Å². The number of benzene rings is 4. The van der Waals surface area contributed by atoms with Crippen molar-refractivity contribution in [3.63, 3.8) is 0 Å². The normalized spacial score (nSPS) is 16.9. The third-order valence-corrected chi connectivity index (χ3v) is 9.89. The van der Waals surface area contributed by atoms with Crippen LogP contribution in [0.5, 0.6) is 0 Å². The first-order chi connectivity index (χ1) is 25.2. The highest BCUT2D eigenvalue weighted by atomic mass is 32.2. The molecule has 0 amide bonds. The first-order valence-corrected chi connectivity index (χ1v) is 18.3. The number of fused-ring (bicyclic) bond motifs is 3. The molecule has 1 heterocycles. The predicted octanol–water partition coefficient (Wildman–Crippen LogP) is 11.5. The van der Waals surface area contributed by atoms with E-state index < -0.39 is 29.6 Å². The van der Waals surface area contributed by atoms with Crippen LogP contribution >= 0.6 is 12.0 Å². The summed E-state index contributed by atoms with van der Waals surface area (Å²) in [6.45, 7) is 3.15. The molecule has 4 aromatic carbocycles. The maximum atomic E-state index is 14.0. The fourth-order valence-corrected chi connectivity index (χ4v) is 6.95. The third-order valence-electron chi connectivity index (χ3n) is 9.24. The molecule has 4 aromatic rings. The molecule has 0 N–H and O–H groups in total. The first-order valence-electron chi connectivity index (χ1n) is 17.6. The van der Waals surface area contributed by atoms with Crippen molar-refractivity contribution in [2.24, 2.45) is 0 Å². The summed E-state index contributed by atoms with van der Waals surface area (Å²) in [5, 5.41) is 5.71. The van der Waals surface area contributed by atoms with Crippen molar-refractivity contribution in [1.82, 2.24) is 0 Å². The number of unbranched alkanes of at least 4 members (excludes halogenated alkanes) is 1. The molecule has 1 aliphatic heterocycles. The quantitative estimate of drug-likeness (QED) is 0.0477. The van der Waals surface area contributed by atoms with Crippen molar-refractivity contribution in [1.29, 1.82) is 5.26 Å². The van der Waals surface area contributed by atoms with Gasteiger partial charge in [0, 0.05) is 23.3 Å². The zero-order chi connectivity index (χ0) is 37.1. The number of nitrogens with zero attached hydrogens (tertiary/aromatic N) is 2. The van der Waals surface area contributed by atoms with Gasteiger partial charge in [0.15, 0.2) is 0 Å². The summed E-state index contributed by atoms with van der Waals surface area (Å²) in [7, 11) is 0.986. The number of ether oxygens (including phenoxy) is 1. The molecule has 3 atom stereocenters. The topological polar surface area (TPSA) is 62.6 Å². The van der Waals surface area contributed by atoms with Crippen molar-refractivity contribution in [2.75, 3.05) is 18.6 Å². The summed E-state index contributed by atoms with van der Waals surface area (Å²) in [5.74, 6) is -0.892. The number of anilines is 2. The summed E-state index contributed by atoms with van der Waals surface area (Å²) in [5.41, 5.74) is 7.97. The van der Waals surface area contributed by atoms with Crippen LogP contribution < -0.4 is 4.90 Å². The number of esters is 1. The Morgan fingerprint density at radius 1 is 0.923 bits per heavy atom. The number of rotatable bonds is 12. The van der Waals surface area contributed by atoms with E-state index in [4.69, 9.17) is 4.74 Å². The molecule has 5 nitrogen and oxygen atoms in total. The highest BCUT2D eigenvalue weighted by Gasteiger charge is 2.43. The van der Waals surface area contributed by atoms with Crippen LogP contribution in [0.25, 0.3) is 17.7 Å². The summed E-state index contributed by atoms with van der Waals surface area (Å²) in [6, 6.07) is 37.0. The molecule has 2 aliphatic rings. The maximum Gasteiger partial charge on any atom is 0.351 e. The lowest BCUT2D eigenvalue weighted by atomic mass is 9.95. The Morgan fingerprint density at radius 3 is 2.12 bits per heavy atom. The van der Waals surface area contributed by atoms with Crippen LogP contribution in [0.3, 0.4) is 0 Å². The van der Waals surface area contributed by atoms with Crippen LogP contribution in [-0.4, -0.2) is 37.2 Å². The minimum Gasteiger partial charge on any atom is -0.458 e. The molecular weight excluding hydrogens is 682 g/mol. The lowest BCUT2D eigenvalue weighted by Crippen LogP contribution is -2.31. The lowest BCUT2D eigenvalue weighted by molar-refractivity contribution is -0.143. The van der Waals surface area contributed by atoms with Gasteiger partial charge in [0.1, 0.15) is 18.2 Å². The Hall–Kier alpha value is -4.78. The van der Waals surface area contributed by atoms with Gasteiger partial charge in [0.05, 0.1) is 19.2 Å². The van der Waals surface area contributed by atoms with E-state index in [-0.39, 0.29) is 24.0 Å². The molecule has 0 bridgehead atoms. The lowest BCUT2D eigenvalue weighted by Gasteiger charge is -2.27. The van der Waals surface area contributed by atoms with Gasteiger partial charge in [0.25, 0.3) is 0 Å². The molecule has 1 saturated carbocycles. The Bertz CT molecular complexity index is 1850. The van der Waals surface area contributed by atoms with Crippen LogP contribution in [0.1, 0.15) is 79.7 Å². The Balaban J connectivity index is 0.00000124. The van der Waals surface area contributed by atoms with Gasteiger partial charge in [-0.1, -0.05) is 112 Å². The number of hydrogen-bond acceptors (Lipinski definition) is 6. The molecule has 9 heteroatoms. The van der Waals surface area contributed by atoms with Gasteiger partial charge in [-0.25, -0.2) is 9.18 Å². The van der Waals surface area contributed by atoms with Crippen molar-refractivity contribution in [3.8, 4) is 6.07 Å². The summed E-state index contributed by atoms with van der Waals surface area (Å²) < 4.78 is 50.3. The average molecular weight is 725 g/mol. The number of hydrogen-bond donors (Lipinski definition) is 0. The zero-order valence-corrected chi connectivity index (χ0v) is 30.4. The largest absolute Gasteiger partial charge is 0.458 e. The molecule has 270 valence electrons. The molecule has 1 aliphatic carbocycles. The number of carbonyl (C=O) groups is 1. The van der Waals surface area contributed by atoms with E-state index in [1.165, 1.54) is 18.9 Å². The van der Waals surface area contributed by atoms with Gasteiger partial charge in [-0.05, 0) is 82.6 Å². The molecule has 0 saturated heterocycles. The fraction of sp³-hybridized carbons (Fsp3) is 0.302. The van der Waals surface area contributed by atoms with Crippen molar-refractivity contribution >= 4 is 47.1 Å². The number of alkyl halides is 3.